The van der Waals surface area contributed by atoms with Crippen LogP contribution in [-0.4, -0.2) is 20.9 Å². The smallest absolute Gasteiger partial charge is 0.262 e. The van der Waals surface area contributed by atoms with Gasteiger partial charge in [-0.3, -0.25) is 9.52 Å². The molecular formula is C16H13N3O4S. The topological polar surface area (TPSA) is 108 Å². The van der Waals surface area contributed by atoms with Crippen molar-refractivity contribution in [1.29, 1.82) is 5.26 Å². The number of hydrogen-bond donors (Lipinski definition) is 2. The fourth-order valence-electron chi connectivity index (χ4n) is 2.37. The van der Waals surface area contributed by atoms with Crippen molar-refractivity contribution in [2.45, 2.75) is 11.8 Å². The zero-order valence-electron chi connectivity index (χ0n) is 12.7. The highest BCUT2D eigenvalue weighted by Gasteiger charge is 2.23. The first-order valence-electron chi connectivity index (χ1n) is 6.99. The van der Waals surface area contributed by atoms with Crippen molar-refractivity contribution >= 4 is 27.3 Å². The number of rotatable bonds is 3. The second kappa shape index (κ2) is 5.86. The summed E-state index contributed by atoms with van der Waals surface area (Å²) in [5.74, 6) is 0.00954. The van der Waals surface area contributed by atoms with Crippen LogP contribution in [0, 0.1) is 18.3 Å². The lowest BCUT2D eigenvalue weighted by Crippen LogP contribution is -2.26. The normalized spacial score (nSPS) is 13.2. The number of nitrogens with one attached hydrogen (secondary N) is 2. The predicted octanol–water partition coefficient (Wildman–Crippen LogP) is 2.00. The summed E-state index contributed by atoms with van der Waals surface area (Å²) >= 11 is 0. The summed E-state index contributed by atoms with van der Waals surface area (Å²) in [6.07, 6.45) is 0. The molecule has 2 aromatic carbocycles. The minimum Gasteiger partial charge on any atom is -0.482 e. The maximum atomic E-state index is 12.6. The number of nitriles is 1. The van der Waals surface area contributed by atoms with Gasteiger partial charge >= 0.3 is 0 Å². The van der Waals surface area contributed by atoms with Crippen molar-refractivity contribution in [3.8, 4) is 11.8 Å². The lowest BCUT2D eigenvalue weighted by molar-refractivity contribution is -0.118. The molecule has 1 amide bonds. The van der Waals surface area contributed by atoms with Crippen LogP contribution in [0.5, 0.6) is 5.75 Å². The SMILES string of the molecule is Cc1cc2c(cc1S(=O)(=O)Nc1cccc(C#N)c1)OCC(=O)N2. The molecule has 0 saturated heterocycles. The van der Waals surface area contributed by atoms with Crippen LogP contribution in [0.4, 0.5) is 11.4 Å². The Bertz CT molecular complexity index is 977. The van der Waals surface area contributed by atoms with Gasteiger partial charge in [-0.2, -0.15) is 5.26 Å². The molecule has 0 fully saturated rings. The molecule has 0 unspecified atom stereocenters. The molecule has 0 radical (unpaired) electrons. The Kier molecular flexibility index (Phi) is 3.87. The number of hydrogen-bond acceptors (Lipinski definition) is 5. The maximum absolute atomic E-state index is 12.6. The molecule has 0 atom stereocenters. The van der Waals surface area contributed by atoms with Crippen molar-refractivity contribution in [3.05, 3.63) is 47.5 Å². The van der Waals surface area contributed by atoms with Crippen molar-refractivity contribution < 1.29 is 17.9 Å². The minimum atomic E-state index is -3.87. The van der Waals surface area contributed by atoms with E-state index >= 15 is 0 Å². The van der Waals surface area contributed by atoms with Crippen LogP contribution in [0.3, 0.4) is 0 Å². The number of nitrogens with zero attached hydrogens (tertiary/aromatic N) is 1. The van der Waals surface area contributed by atoms with E-state index in [9.17, 15) is 13.2 Å². The zero-order valence-corrected chi connectivity index (χ0v) is 13.5. The Morgan fingerprint density at radius 3 is 2.83 bits per heavy atom. The van der Waals surface area contributed by atoms with E-state index in [1.165, 1.54) is 12.1 Å². The zero-order chi connectivity index (χ0) is 17.3. The molecule has 24 heavy (non-hydrogen) atoms. The second-order valence-corrected chi connectivity index (χ2v) is 6.90. The van der Waals surface area contributed by atoms with E-state index in [2.05, 4.69) is 10.0 Å². The largest absolute Gasteiger partial charge is 0.482 e. The molecule has 122 valence electrons. The van der Waals surface area contributed by atoms with Crippen LogP contribution >= 0.6 is 0 Å². The quantitative estimate of drug-likeness (QED) is 0.886. The van der Waals surface area contributed by atoms with Gasteiger partial charge < -0.3 is 10.1 Å². The monoisotopic (exact) mass is 343 g/mol. The van der Waals surface area contributed by atoms with E-state index in [4.69, 9.17) is 10.00 Å². The maximum Gasteiger partial charge on any atom is 0.262 e. The second-order valence-electron chi connectivity index (χ2n) is 5.25. The highest BCUT2D eigenvalue weighted by atomic mass is 32.2. The Labute approximate surface area is 138 Å². The first kappa shape index (κ1) is 15.8. The molecule has 8 heteroatoms. The molecular weight excluding hydrogens is 330 g/mol. The van der Waals surface area contributed by atoms with Gasteiger partial charge in [0.05, 0.1) is 27.9 Å². The van der Waals surface area contributed by atoms with Gasteiger partial charge in [0.25, 0.3) is 15.9 Å². The van der Waals surface area contributed by atoms with E-state index < -0.39 is 10.0 Å². The van der Waals surface area contributed by atoms with Crippen molar-refractivity contribution in [2.24, 2.45) is 0 Å². The molecule has 0 saturated carbocycles. The Morgan fingerprint density at radius 1 is 1.29 bits per heavy atom. The van der Waals surface area contributed by atoms with E-state index in [0.717, 1.165) is 0 Å². The Morgan fingerprint density at radius 2 is 2.08 bits per heavy atom. The fraction of sp³-hybridized carbons (Fsp3) is 0.125. The number of fused-ring (bicyclic) bond motifs is 1. The van der Waals surface area contributed by atoms with Crippen molar-refractivity contribution in [1.82, 2.24) is 0 Å². The van der Waals surface area contributed by atoms with Crippen LogP contribution in [0.15, 0.2) is 41.3 Å². The van der Waals surface area contributed by atoms with Gasteiger partial charge in [0.2, 0.25) is 0 Å². The highest BCUT2D eigenvalue weighted by Crippen LogP contribution is 2.33. The number of aryl methyl sites for hydroxylation is 1. The third kappa shape index (κ3) is 3.02. The number of anilines is 2. The number of carbonyl (C=O) groups is 1. The number of carbonyl (C=O) groups excluding carboxylic acids is 1. The molecule has 0 spiro atoms. The molecule has 1 aliphatic heterocycles. The highest BCUT2D eigenvalue weighted by molar-refractivity contribution is 7.92. The van der Waals surface area contributed by atoms with Gasteiger partial charge in [-0.25, -0.2) is 8.42 Å². The molecule has 0 aromatic heterocycles. The third-order valence-corrected chi connectivity index (χ3v) is 4.97. The van der Waals surface area contributed by atoms with E-state index in [1.807, 2.05) is 6.07 Å². The van der Waals surface area contributed by atoms with Gasteiger partial charge in [-0.05, 0) is 36.8 Å². The van der Waals surface area contributed by atoms with Crippen molar-refractivity contribution in [2.75, 3.05) is 16.6 Å². The first-order chi connectivity index (χ1) is 11.4. The lowest BCUT2D eigenvalue weighted by atomic mass is 10.2. The van der Waals surface area contributed by atoms with Crippen LogP contribution in [0.1, 0.15) is 11.1 Å². The molecule has 3 rings (SSSR count). The lowest BCUT2D eigenvalue weighted by Gasteiger charge is -2.20. The summed E-state index contributed by atoms with van der Waals surface area (Å²) in [6, 6.07) is 11.1. The molecule has 0 bridgehead atoms. The molecule has 1 aliphatic rings. The van der Waals surface area contributed by atoms with Crippen LogP contribution in [0.25, 0.3) is 0 Å². The number of sulfonamides is 1. The Hall–Kier alpha value is -3.05. The van der Waals surface area contributed by atoms with E-state index in [1.54, 1.807) is 31.2 Å². The standard InChI is InChI=1S/C16H13N3O4S/c1-10-5-13-14(23-9-16(20)18-13)7-15(10)24(21,22)19-12-4-2-3-11(6-12)8-17/h2-7,19H,9H2,1H3,(H,18,20). The summed E-state index contributed by atoms with van der Waals surface area (Å²) in [4.78, 5) is 11.4. The van der Waals surface area contributed by atoms with Crippen LogP contribution in [0.2, 0.25) is 0 Å². The number of benzene rings is 2. The predicted molar refractivity (Wildman–Crippen MR) is 87.3 cm³/mol. The number of amides is 1. The summed E-state index contributed by atoms with van der Waals surface area (Å²) < 4.78 is 33.0. The van der Waals surface area contributed by atoms with Crippen LogP contribution < -0.4 is 14.8 Å². The van der Waals surface area contributed by atoms with E-state index in [-0.39, 0.29) is 17.4 Å². The van der Waals surface area contributed by atoms with Crippen LogP contribution in [-0.2, 0) is 14.8 Å². The average Bonchev–Trinajstić information content (AvgIpc) is 2.53. The van der Waals surface area contributed by atoms with Gasteiger partial charge in [0.15, 0.2) is 6.61 Å². The third-order valence-electron chi connectivity index (χ3n) is 3.44. The molecule has 2 N–H and O–H groups in total. The molecule has 1 heterocycles. The minimum absolute atomic E-state index is 0.0414. The molecule has 7 nitrogen and oxygen atoms in total. The Balaban J connectivity index is 1.98. The summed E-state index contributed by atoms with van der Waals surface area (Å²) in [6.45, 7) is 1.47. The molecule has 0 aliphatic carbocycles. The van der Waals surface area contributed by atoms with Gasteiger partial charge in [0.1, 0.15) is 5.75 Å². The van der Waals surface area contributed by atoms with Gasteiger partial charge in [-0.1, -0.05) is 6.07 Å². The first-order valence-corrected chi connectivity index (χ1v) is 8.47. The van der Waals surface area contributed by atoms with E-state index in [0.29, 0.717) is 28.3 Å². The van der Waals surface area contributed by atoms with Gasteiger partial charge in [0, 0.05) is 6.07 Å². The summed E-state index contributed by atoms with van der Waals surface area (Å²) in [5.41, 5.74) is 1.54. The summed E-state index contributed by atoms with van der Waals surface area (Å²) in [5, 5.41) is 11.5. The molecule has 2 aromatic rings. The van der Waals surface area contributed by atoms with Gasteiger partial charge in [-0.15, -0.1) is 0 Å². The fourth-order valence-corrected chi connectivity index (χ4v) is 3.66. The van der Waals surface area contributed by atoms with Crippen molar-refractivity contribution in [3.63, 3.8) is 0 Å². The summed E-state index contributed by atoms with van der Waals surface area (Å²) in [7, 11) is -3.87. The number of ether oxygens (including phenoxy) is 1. The average molecular weight is 343 g/mol.